The summed E-state index contributed by atoms with van der Waals surface area (Å²) in [6, 6.07) is 6.03. The molecule has 0 unspecified atom stereocenters. The number of hydrogen-bond acceptors (Lipinski definition) is 8. The van der Waals surface area contributed by atoms with Gasteiger partial charge in [-0.25, -0.2) is 4.98 Å². The largest absolute Gasteiger partial charge is 0.397 e. The summed E-state index contributed by atoms with van der Waals surface area (Å²) in [6.45, 7) is 3.03. The molecule has 1 saturated carbocycles. The van der Waals surface area contributed by atoms with Crippen molar-refractivity contribution in [1.29, 1.82) is 5.41 Å². The van der Waals surface area contributed by atoms with Crippen molar-refractivity contribution in [1.82, 2.24) is 15.1 Å². The van der Waals surface area contributed by atoms with Gasteiger partial charge in [0.05, 0.1) is 17.6 Å². The number of benzene rings is 1. The molecule has 1 aromatic heterocycles. The lowest BCUT2D eigenvalue weighted by Gasteiger charge is -2.36. The minimum Gasteiger partial charge on any atom is -0.397 e. The SMILES string of the molecule is CCN1N(C)c2cnc(Nc3cccc(C=N)c3N)nc2N1C1CCCC1. The van der Waals surface area contributed by atoms with Crippen molar-refractivity contribution in [2.45, 2.75) is 38.6 Å². The number of fused-ring (bicyclic) bond motifs is 1. The second-order valence-corrected chi connectivity index (χ2v) is 6.98. The van der Waals surface area contributed by atoms with Crippen molar-refractivity contribution < 1.29 is 0 Å². The summed E-state index contributed by atoms with van der Waals surface area (Å²) in [5.41, 5.74) is 9.07. The van der Waals surface area contributed by atoms with Gasteiger partial charge in [-0.15, -0.1) is 5.12 Å². The number of hydrogen-bond donors (Lipinski definition) is 3. The van der Waals surface area contributed by atoms with E-state index in [0.717, 1.165) is 18.1 Å². The highest BCUT2D eigenvalue weighted by molar-refractivity contribution is 5.91. The molecule has 4 rings (SSSR count). The number of para-hydroxylation sites is 1. The maximum Gasteiger partial charge on any atom is 0.229 e. The Labute approximate surface area is 159 Å². The zero-order valence-electron chi connectivity index (χ0n) is 15.8. The molecule has 0 atom stereocenters. The van der Waals surface area contributed by atoms with Crippen LogP contribution >= 0.6 is 0 Å². The van der Waals surface area contributed by atoms with Crippen molar-refractivity contribution in [2.24, 2.45) is 0 Å². The number of hydrazine groups is 2. The normalized spacial score (nSPS) is 17.4. The fraction of sp³-hybridized carbons (Fsp3) is 0.421. The van der Waals surface area contributed by atoms with Gasteiger partial charge in [0.1, 0.15) is 5.69 Å². The van der Waals surface area contributed by atoms with Crippen molar-refractivity contribution in [3.8, 4) is 0 Å². The predicted octanol–water partition coefficient (Wildman–Crippen LogP) is 3.15. The van der Waals surface area contributed by atoms with Crippen molar-refractivity contribution in [2.75, 3.05) is 34.7 Å². The molecule has 2 aliphatic rings. The molecule has 1 aliphatic heterocycles. The van der Waals surface area contributed by atoms with Gasteiger partial charge in [-0.3, -0.25) is 10.0 Å². The van der Waals surface area contributed by atoms with Crippen LogP contribution in [0.15, 0.2) is 24.4 Å². The van der Waals surface area contributed by atoms with Gasteiger partial charge in [-0.2, -0.15) is 4.98 Å². The summed E-state index contributed by atoms with van der Waals surface area (Å²) in [4.78, 5) is 9.32. The molecule has 2 aromatic rings. The van der Waals surface area contributed by atoms with Gasteiger partial charge in [-0.1, -0.05) is 25.0 Å². The third-order valence-electron chi connectivity index (χ3n) is 5.41. The topological polar surface area (TPSA) is 97.4 Å². The summed E-state index contributed by atoms with van der Waals surface area (Å²) >= 11 is 0. The van der Waals surface area contributed by atoms with E-state index >= 15 is 0 Å². The highest BCUT2D eigenvalue weighted by atomic mass is 15.9. The average molecular weight is 366 g/mol. The Morgan fingerprint density at radius 1 is 1.33 bits per heavy atom. The Balaban J connectivity index is 1.69. The number of nitrogens with zero attached hydrogens (tertiary/aromatic N) is 5. The number of aromatic nitrogens is 2. The van der Waals surface area contributed by atoms with Crippen LogP contribution in [-0.2, 0) is 0 Å². The molecule has 2 heterocycles. The Hall–Kier alpha value is -2.87. The first-order valence-electron chi connectivity index (χ1n) is 9.47. The van der Waals surface area contributed by atoms with Gasteiger partial charge in [0.25, 0.3) is 0 Å². The Morgan fingerprint density at radius 3 is 2.81 bits per heavy atom. The molecule has 0 bridgehead atoms. The van der Waals surface area contributed by atoms with Crippen molar-refractivity contribution in [3.05, 3.63) is 30.0 Å². The lowest BCUT2D eigenvalue weighted by molar-refractivity contribution is 0.242. The number of nitrogens with two attached hydrogens (primary N) is 1. The van der Waals surface area contributed by atoms with E-state index in [1.54, 1.807) is 0 Å². The molecule has 27 heavy (non-hydrogen) atoms. The van der Waals surface area contributed by atoms with Crippen molar-refractivity contribution in [3.63, 3.8) is 0 Å². The van der Waals surface area contributed by atoms with Gasteiger partial charge in [-0.05, 0) is 25.8 Å². The zero-order chi connectivity index (χ0) is 19.0. The van der Waals surface area contributed by atoms with E-state index in [-0.39, 0.29) is 0 Å². The Morgan fingerprint density at radius 2 is 2.11 bits per heavy atom. The Bertz CT molecular complexity index is 846. The van der Waals surface area contributed by atoms with E-state index in [0.29, 0.717) is 28.9 Å². The number of rotatable bonds is 5. The molecule has 0 saturated heterocycles. The molecule has 4 N–H and O–H groups in total. The van der Waals surface area contributed by atoms with Crippen LogP contribution in [0.2, 0.25) is 0 Å². The molecular formula is C19H26N8. The molecule has 1 fully saturated rings. The molecule has 1 aromatic carbocycles. The van der Waals surface area contributed by atoms with Crippen LogP contribution in [0.1, 0.15) is 38.2 Å². The summed E-state index contributed by atoms with van der Waals surface area (Å²) in [7, 11) is 2.05. The molecule has 1 aliphatic carbocycles. The summed E-state index contributed by atoms with van der Waals surface area (Å²) in [5, 5.41) is 17.4. The monoisotopic (exact) mass is 366 g/mol. The lowest BCUT2D eigenvalue weighted by Crippen LogP contribution is -2.51. The molecule has 0 amide bonds. The minimum absolute atomic E-state index is 0.475. The third kappa shape index (κ3) is 2.95. The fourth-order valence-electron chi connectivity index (χ4n) is 4.01. The van der Waals surface area contributed by atoms with Crippen LogP contribution in [0.3, 0.4) is 0 Å². The highest BCUT2D eigenvalue weighted by Crippen LogP contribution is 2.41. The average Bonchev–Trinajstić information content (AvgIpc) is 3.29. The van der Waals surface area contributed by atoms with E-state index < -0.39 is 0 Å². The third-order valence-corrected chi connectivity index (χ3v) is 5.41. The fourth-order valence-corrected chi connectivity index (χ4v) is 4.01. The second kappa shape index (κ2) is 7.03. The zero-order valence-corrected chi connectivity index (χ0v) is 15.8. The van der Waals surface area contributed by atoms with Gasteiger partial charge in [0, 0.05) is 31.4 Å². The van der Waals surface area contributed by atoms with Crippen LogP contribution in [0.25, 0.3) is 0 Å². The number of anilines is 5. The van der Waals surface area contributed by atoms with Crippen LogP contribution in [0, 0.1) is 5.41 Å². The van der Waals surface area contributed by atoms with Gasteiger partial charge in [0.2, 0.25) is 5.95 Å². The molecule has 8 nitrogen and oxygen atoms in total. The molecule has 0 radical (unpaired) electrons. The van der Waals surface area contributed by atoms with E-state index in [9.17, 15) is 0 Å². The maximum absolute atomic E-state index is 7.47. The van der Waals surface area contributed by atoms with Crippen LogP contribution in [0.5, 0.6) is 0 Å². The summed E-state index contributed by atoms with van der Waals surface area (Å²) < 4.78 is 0. The molecule has 142 valence electrons. The first-order chi connectivity index (χ1) is 13.1. The highest BCUT2D eigenvalue weighted by Gasteiger charge is 2.38. The van der Waals surface area contributed by atoms with Crippen LogP contribution < -0.4 is 21.1 Å². The van der Waals surface area contributed by atoms with Gasteiger partial charge < -0.3 is 16.5 Å². The minimum atomic E-state index is 0.475. The second-order valence-electron chi connectivity index (χ2n) is 6.98. The standard InChI is InChI=1S/C19H26N8/c1-3-26-25(2)16-12-22-19(23-15-10-6-7-13(11-20)17(15)21)24-18(16)27(26)14-8-4-5-9-14/h6-7,10-12,14,20H,3-5,8-9,21H2,1-2H3,(H,22,23,24). The van der Waals surface area contributed by atoms with E-state index in [1.165, 1.54) is 31.9 Å². The van der Waals surface area contributed by atoms with E-state index in [4.69, 9.17) is 16.1 Å². The van der Waals surface area contributed by atoms with Crippen LogP contribution in [-0.4, -0.2) is 40.9 Å². The first kappa shape index (κ1) is 17.5. The van der Waals surface area contributed by atoms with Crippen molar-refractivity contribution >= 4 is 35.0 Å². The number of nitrogen functional groups attached to an aromatic ring is 1. The van der Waals surface area contributed by atoms with Crippen LogP contribution in [0.4, 0.5) is 28.8 Å². The lowest BCUT2D eigenvalue weighted by atomic mass is 10.1. The Kier molecular flexibility index (Phi) is 4.57. The summed E-state index contributed by atoms with van der Waals surface area (Å²) in [6.07, 6.45) is 8.01. The molecule has 0 spiro atoms. The predicted molar refractivity (Wildman–Crippen MR) is 110 cm³/mol. The maximum atomic E-state index is 7.47. The number of nitrogens with one attached hydrogen (secondary N) is 2. The van der Waals surface area contributed by atoms with Gasteiger partial charge >= 0.3 is 0 Å². The van der Waals surface area contributed by atoms with E-state index in [2.05, 4.69) is 39.4 Å². The van der Waals surface area contributed by atoms with Gasteiger partial charge in [0.15, 0.2) is 5.82 Å². The smallest absolute Gasteiger partial charge is 0.229 e. The molecule has 8 heteroatoms. The quantitative estimate of drug-likeness (QED) is 0.552. The first-order valence-corrected chi connectivity index (χ1v) is 9.47. The van der Waals surface area contributed by atoms with E-state index in [1.807, 2.05) is 24.4 Å². The summed E-state index contributed by atoms with van der Waals surface area (Å²) in [5.74, 6) is 1.45. The molecular weight excluding hydrogens is 340 g/mol.